The van der Waals surface area contributed by atoms with Gasteiger partial charge in [-0.3, -0.25) is 4.68 Å². The van der Waals surface area contributed by atoms with E-state index in [2.05, 4.69) is 58.4 Å². The van der Waals surface area contributed by atoms with Gasteiger partial charge in [-0.25, -0.2) is 0 Å². The van der Waals surface area contributed by atoms with E-state index in [1.54, 1.807) is 0 Å². The van der Waals surface area contributed by atoms with Gasteiger partial charge in [0.05, 0.1) is 11.9 Å². The van der Waals surface area contributed by atoms with Crippen molar-refractivity contribution in [2.24, 2.45) is 42.1 Å². The molecule has 3 aliphatic carbocycles. The molecule has 6 rings (SSSR count). The van der Waals surface area contributed by atoms with Crippen molar-refractivity contribution >= 4 is 5.82 Å². The number of fused-ring (bicyclic) bond motifs is 3. The fourth-order valence-electron chi connectivity index (χ4n) is 8.88. The van der Waals surface area contributed by atoms with Crippen LogP contribution in [0.3, 0.4) is 0 Å². The Kier molecular flexibility index (Phi) is 5.70. The van der Waals surface area contributed by atoms with Gasteiger partial charge < -0.3 is 10.2 Å². The second-order valence-corrected chi connectivity index (χ2v) is 12.8. The van der Waals surface area contributed by atoms with Crippen LogP contribution in [0.5, 0.6) is 0 Å². The number of hydrogen-bond donors (Lipinski definition) is 1. The first-order chi connectivity index (χ1) is 16.4. The monoisotopic (exact) mass is 462 g/mol. The summed E-state index contributed by atoms with van der Waals surface area (Å²) in [4.78, 5) is 2.86. The SMILES string of the molecule is Cc1cnn(C)c1-c1ccc(NC2C[C@@H]3CN(CC45CC(C)CC(CC(C)C4)C5)C[C@@H]3C2)nn1. The zero-order valence-electron chi connectivity index (χ0n) is 21.5. The third kappa shape index (κ3) is 4.27. The standard InChI is InChI=1S/C28H42N6/c1-18-7-21-8-19(2)12-28(11-18,13-21)17-34-15-22-9-24(10-23(22)16-34)30-26-6-5-25(31-32-26)27-20(3)14-29-33(27)4/h5-6,14,18-19,21-24H,7-13,15-17H2,1-4H3,(H,30,32)/t18?,19?,21?,22-,23+,24?,28?. The van der Waals surface area contributed by atoms with Gasteiger partial charge >= 0.3 is 0 Å². The largest absolute Gasteiger partial charge is 0.366 e. The van der Waals surface area contributed by atoms with E-state index in [1.165, 1.54) is 64.6 Å². The van der Waals surface area contributed by atoms with Crippen LogP contribution < -0.4 is 5.32 Å². The van der Waals surface area contributed by atoms with Crippen LogP contribution in [0.2, 0.25) is 0 Å². The Morgan fingerprint density at radius 1 is 0.971 bits per heavy atom. The molecule has 2 bridgehead atoms. The molecule has 0 radical (unpaired) electrons. The van der Waals surface area contributed by atoms with E-state index in [9.17, 15) is 0 Å². The van der Waals surface area contributed by atoms with E-state index in [1.807, 2.05) is 17.9 Å². The highest BCUT2D eigenvalue weighted by molar-refractivity contribution is 5.59. The summed E-state index contributed by atoms with van der Waals surface area (Å²) in [5, 5.41) is 17.0. The third-order valence-electron chi connectivity index (χ3n) is 9.52. The molecule has 1 saturated heterocycles. The molecule has 0 spiro atoms. The first-order valence-electron chi connectivity index (χ1n) is 13.7. The van der Waals surface area contributed by atoms with Crippen molar-refractivity contribution in [3.8, 4) is 11.4 Å². The fraction of sp³-hybridized carbons (Fsp3) is 0.750. The van der Waals surface area contributed by atoms with Crippen molar-refractivity contribution in [2.75, 3.05) is 25.0 Å². The molecule has 0 amide bonds. The van der Waals surface area contributed by atoms with E-state index in [0.29, 0.717) is 11.5 Å². The van der Waals surface area contributed by atoms with Crippen LogP contribution in [-0.4, -0.2) is 50.6 Å². The Balaban J connectivity index is 1.04. The molecule has 0 aromatic carbocycles. The maximum Gasteiger partial charge on any atom is 0.148 e. The minimum Gasteiger partial charge on any atom is -0.366 e. The number of rotatable bonds is 5. The molecule has 4 aliphatic rings. The lowest BCUT2D eigenvalue weighted by Gasteiger charge is -2.51. The second-order valence-electron chi connectivity index (χ2n) is 12.8. The van der Waals surface area contributed by atoms with Crippen molar-refractivity contribution in [3.63, 3.8) is 0 Å². The highest BCUT2D eigenvalue weighted by Crippen LogP contribution is 2.54. The Hall–Kier alpha value is -1.95. The predicted octanol–water partition coefficient (Wildman–Crippen LogP) is 5.16. The van der Waals surface area contributed by atoms with Crippen molar-refractivity contribution < 1.29 is 0 Å². The van der Waals surface area contributed by atoms with Gasteiger partial charge in [0, 0.05) is 32.7 Å². The molecule has 184 valence electrons. The van der Waals surface area contributed by atoms with E-state index in [4.69, 9.17) is 0 Å². The first-order valence-corrected chi connectivity index (χ1v) is 13.7. The molecule has 3 unspecified atom stereocenters. The molecule has 3 saturated carbocycles. The minimum atomic E-state index is 0.530. The molecule has 2 aromatic rings. The van der Waals surface area contributed by atoms with Crippen LogP contribution in [0.1, 0.15) is 64.4 Å². The van der Waals surface area contributed by atoms with E-state index in [0.717, 1.165) is 52.4 Å². The Morgan fingerprint density at radius 3 is 2.26 bits per heavy atom. The molecule has 1 N–H and O–H groups in total. The van der Waals surface area contributed by atoms with Crippen molar-refractivity contribution in [2.45, 2.75) is 71.8 Å². The van der Waals surface area contributed by atoms with Crippen molar-refractivity contribution in [1.29, 1.82) is 0 Å². The summed E-state index contributed by atoms with van der Waals surface area (Å²) in [6, 6.07) is 4.68. The minimum absolute atomic E-state index is 0.530. The molecular weight excluding hydrogens is 420 g/mol. The maximum atomic E-state index is 4.50. The summed E-state index contributed by atoms with van der Waals surface area (Å²) in [7, 11) is 1.96. The molecule has 34 heavy (non-hydrogen) atoms. The van der Waals surface area contributed by atoms with E-state index < -0.39 is 0 Å². The Morgan fingerprint density at radius 2 is 1.68 bits per heavy atom. The highest BCUT2D eigenvalue weighted by atomic mass is 15.3. The first kappa shape index (κ1) is 22.5. The van der Waals surface area contributed by atoms with Crippen LogP contribution in [0, 0.1) is 41.9 Å². The van der Waals surface area contributed by atoms with Gasteiger partial charge in [0.15, 0.2) is 0 Å². The van der Waals surface area contributed by atoms with E-state index >= 15 is 0 Å². The molecule has 3 heterocycles. The van der Waals surface area contributed by atoms with Gasteiger partial charge in [-0.2, -0.15) is 5.10 Å². The van der Waals surface area contributed by atoms with Crippen LogP contribution in [0.25, 0.3) is 11.4 Å². The second kappa shape index (κ2) is 8.61. The normalized spacial score (nSPS) is 37.6. The number of hydrogen-bond acceptors (Lipinski definition) is 5. The molecule has 2 aromatic heterocycles. The van der Waals surface area contributed by atoms with Crippen molar-refractivity contribution in [1.82, 2.24) is 24.9 Å². The van der Waals surface area contributed by atoms with Gasteiger partial charge in [-0.1, -0.05) is 13.8 Å². The van der Waals surface area contributed by atoms with Gasteiger partial charge in [0.1, 0.15) is 11.5 Å². The lowest BCUT2D eigenvalue weighted by atomic mass is 9.56. The van der Waals surface area contributed by atoms with Gasteiger partial charge in [0.25, 0.3) is 0 Å². The highest BCUT2D eigenvalue weighted by Gasteiger charge is 2.48. The van der Waals surface area contributed by atoms with Crippen LogP contribution in [-0.2, 0) is 7.05 Å². The number of aryl methyl sites for hydroxylation is 2. The summed E-state index contributed by atoms with van der Waals surface area (Å²) < 4.78 is 1.87. The summed E-state index contributed by atoms with van der Waals surface area (Å²) in [6.45, 7) is 11.1. The van der Waals surface area contributed by atoms with Crippen LogP contribution >= 0.6 is 0 Å². The number of aromatic nitrogens is 4. The Bertz CT molecular complexity index is 959. The zero-order valence-corrected chi connectivity index (χ0v) is 21.5. The summed E-state index contributed by atoms with van der Waals surface area (Å²) in [6.07, 6.45) is 11.8. The van der Waals surface area contributed by atoms with Crippen LogP contribution in [0.15, 0.2) is 18.3 Å². The molecular formula is C28H42N6. The summed E-state index contributed by atoms with van der Waals surface area (Å²) in [5.41, 5.74) is 3.67. The maximum absolute atomic E-state index is 4.50. The lowest BCUT2D eigenvalue weighted by Crippen LogP contribution is -2.46. The average Bonchev–Trinajstić information content (AvgIpc) is 3.40. The lowest BCUT2D eigenvalue weighted by molar-refractivity contribution is -0.00647. The number of nitrogens with zero attached hydrogens (tertiary/aromatic N) is 5. The van der Waals surface area contributed by atoms with Gasteiger partial charge in [-0.15, -0.1) is 10.2 Å². The van der Waals surface area contributed by atoms with E-state index in [-0.39, 0.29) is 0 Å². The summed E-state index contributed by atoms with van der Waals surface area (Å²) >= 11 is 0. The topological polar surface area (TPSA) is 58.9 Å². The fourth-order valence-corrected chi connectivity index (χ4v) is 8.88. The van der Waals surface area contributed by atoms with Crippen LogP contribution in [0.4, 0.5) is 5.82 Å². The molecule has 4 fully saturated rings. The van der Waals surface area contributed by atoms with Gasteiger partial charge in [0.2, 0.25) is 0 Å². The number of likely N-dealkylation sites (tertiary alicyclic amines) is 1. The summed E-state index contributed by atoms with van der Waals surface area (Å²) in [5.74, 6) is 5.44. The number of anilines is 1. The smallest absolute Gasteiger partial charge is 0.148 e. The zero-order chi connectivity index (χ0) is 23.4. The molecule has 5 atom stereocenters. The van der Waals surface area contributed by atoms with Gasteiger partial charge in [-0.05, 0) is 105 Å². The predicted molar refractivity (Wildman–Crippen MR) is 136 cm³/mol. The number of nitrogens with one attached hydrogen (secondary N) is 1. The van der Waals surface area contributed by atoms with Crippen molar-refractivity contribution in [3.05, 3.63) is 23.9 Å². The molecule has 6 nitrogen and oxygen atoms in total. The quantitative estimate of drug-likeness (QED) is 0.665. The molecule has 1 aliphatic heterocycles. The third-order valence-corrected chi connectivity index (χ3v) is 9.52. The molecule has 6 heteroatoms. The average molecular weight is 463 g/mol. The Labute approximate surface area is 204 Å².